The van der Waals surface area contributed by atoms with Crippen LogP contribution in [0.1, 0.15) is 26.7 Å². The molecular formula is C13H18ClFN2O2S. The molecule has 1 saturated heterocycles. The highest BCUT2D eigenvalue weighted by atomic mass is 35.5. The molecule has 0 radical (unpaired) electrons. The molecule has 0 spiro atoms. The van der Waals surface area contributed by atoms with Crippen LogP contribution in [0.4, 0.5) is 10.1 Å². The van der Waals surface area contributed by atoms with Crippen LogP contribution < -0.4 is 5.73 Å². The second kappa shape index (κ2) is 5.50. The van der Waals surface area contributed by atoms with Gasteiger partial charge in [0.1, 0.15) is 10.7 Å². The Bertz CT molecular complexity index is 621. The van der Waals surface area contributed by atoms with Gasteiger partial charge in [-0.15, -0.1) is 0 Å². The summed E-state index contributed by atoms with van der Waals surface area (Å²) in [6.45, 7) is 4.41. The lowest BCUT2D eigenvalue weighted by molar-refractivity contribution is 0.220. The van der Waals surface area contributed by atoms with Crippen molar-refractivity contribution < 1.29 is 12.8 Å². The third-order valence-corrected chi connectivity index (χ3v) is 6.19. The van der Waals surface area contributed by atoms with Crippen molar-refractivity contribution in [2.24, 2.45) is 5.92 Å². The van der Waals surface area contributed by atoms with E-state index in [9.17, 15) is 12.8 Å². The van der Waals surface area contributed by atoms with Crippen molar-refractivity contribution in [2.45, 2.75) is 37.6 Å². The van der Waals surface area contributed by atoms with Crippen molar-refractivity contribution in [1.82, 2.24) is 4.31 Å². The van der Waals surface area contributed by atoms with Crippen LogP contribution in [0.2, 0.25) is 5.02 Å². The molecule has 0 bridgehead atoms. The van der Waals surface area contributed by atoms with Gasteiger partial charge in [0, 0.05) is 12.6 Å². The first kappa shape index (κ1) is 15.5. The number of sulfonamides is 1. The first-order valence-electron chi connectivity index (χ1n) is 6.50. The van der Waals surface area contributed by atoms with Gasteiger partial charge in [-0.1, -0.05) is 18.5 Å². The number of anilines is 1. The van der Waals surface area contributed by atoms with Crippen LogP contribution in [0.15, 0.2) is 17.0 Å². The van der Waals surface area contributed by atoms with E-state index in [0.717, 1.165) is 25.0 Å². The molecule has 20 heavy (non-hydrogen) atoms. The molecule has 2 atom stereocenters. The molecule has 1 heterocycles. The molecule has 1 aromatic carbocycles. The van der Waals surface area contributed by atoms with Gasteiger partial charge in [-0.2, -0.15) is 4.31 Å². The Kier molecular flexibility index (Phi) is 4.27. The van der Waals surface area contributed by atoms with Gasteiger partial charge in [-0.05, 0) is 37.8 Å². The molecule has 4 nitrogen and oxygen atoms in total. The maximum Gasteiger partial charge on any atom is 0.244 e. The Balaban J connectivity index is 2.43. The summed E-state index contributed by atoms with van der Waals surface area (Å²) in [6, 6.07) is 1.93. The van der Waals surface area contributed by atoms with E-state index in [1.165, 1.54) is 4.31 Å². The third kappa shape index (κ3) is 2.77. The summed E-state index contributed by atoms with van der Waals surface area (Å²) in [5.41, 5.74) is 5.24. The Hall–Kier alpha value is -0.850. The fourth-order valence-corrected chi connectivity index (χ4v) is 4.79. The van der Waals surface area contributed by atoms with E-state index in [1.807, 2.05) is 6.92 Å². The largest absolute Gasteiger partial charge is 0.396 e. The van der Waals surface area contributed by atoms with E-state index in [4.69, 9.17) is 17.3 Å². The summed E-state index contributed by atoms with van der Waals surface area (Å²) in [4.78, 5) is -0.125. The SMILES string of the molecule is CC1CCN(S(=O)(=O)c2cc(N)c(F)cc2Cl)C(C)C1. The molecule has 2 N–H and O–H groups in total. The molecule has 1 aromatic rings. The van der Waals surface area contributed by atoms with Gasteiger partial charge in [0.05, 0.1) is 10.7 Å². The summed E-state index contributed by atoms with van der Waals surface area (Å²) in [5.74, 6) is -0.223. The fraction of sp³-hybridized carbons (Fsp3) is 0.538. The molecule has 0 saturated carbocycles. The van der Waals surface area contributed by atoms with Crippen LogP contribution in [0.3, 0.4) is 0 Å². The molecule has 1 fully saturated rings. The van der Waals surface area contributed by atoms with Crippen LogP contribution in [0.5, 0.6) is 0 Å². The van der Waals surface area contributed by atoms with Crippen LogP contribution in [-0.4, -0.2) is 25.3 Å². The summed E-state index contributed by atoms with van der Waals surface area (Å²) in [7, 11) is -3.75. The molecule has 112 valence electrons. The second-order valence-electron chi connectivity index (χ2n) is 5.40. The number of hydrogen-bond donors (Lipinski definition) is 1. The van der Waals surface area contributed by atoms with Crippen LogP contribution in [0, 0.1) is 11.7 Å². The number of nitrogens with two attached hydrogens (primary N) is 1. The summed E-state index contributed by atoms with van der Waals surface area (Å²) in [6.07, 6.45) is 1.60. The predicted octanol–water partition coefficient (Wildman–Crippen LogP) is 2.87. The minimum Gasteiger partial charge on any atom is -0.396 e. The van der Waals surface area contributed by atoms with Gasteiger partial charge in [0.15, 0.2) is 0 Å². The fourth-order valence-electron chi connectivity index (χ4n) is 2.61. The van der Waals surface area contributed by atoms with E-state index in [0.29, 0.717) is 12.5 Å². The third-order valence-electron chi connectivity index (χ3n) is 3.72. The number of rotatable bonds is 2. The maximum absolute atomic E-state index is 13.3. The molecule has 0 aromatic heterocycles. The highest BCUT2D eigenvalue weighted by molar-refractivity contribution is 7.89. The lowest BCUT2D eigenvalue weighted by Crippen LogP contribution is -2.44. The summed E-state index contributed by atoms with van der Waals surface area (Å²) < 4.78 is 40.0. The van der Waals surface area contributed by atoms with E-state index in [2.05, 4.69) is 6.92 Å². The average Bonchev–Trinajstić information content (AvgIpc) is 2.33. The highest BCUT2D eigenvalue weighted by Crippen LogP contribution is 2.33. The lowest BCUT2D eigenvalue weighted by Gasteiger charge is -2.35. The van der Waals surface area contributed by atoms with Crippen LogP contribution in [-0.2, 0) is 10.0 Å². The Morgan fingerprint density at radius 1 is 1.40 bits per heavy atom. The molecule has 0 amide bonds. The van der Waals surface area contributed by atoms with Crippen molar-refractivity contribution in [3.8, 4) is 0 Å². The van der Waals surface area contributed by atoms with Gasteiger partial charge in [0.2, 0.25) is 10.0 Å². The number of nitrogens with zero attached hydrogens (tertiary/aromatic N) is 1. The molecule has 1 aliphatic rings. The maximum atomic E-state index is 13.3. The van der Waals surface area contributed by atoms with Gasteiger partial charge < -0.3 is 5.73 Å². The molecule has 1 aliphatic heterocycles. The lowest BCUT2D eigenvalue weighted by atomic mass is 9.95. The first-order valence-corrected chi connectivity index (χ1v) is 8.31. The molecule has 0 aliphatic carbocycles. The van der Waals surface area contributed by atoms with E-state index in [-0.39, 0.29) is 21.6 Å². The zero-order valence-electron chi connectivity index (χ0n) is 11.4. The van der Waals surface area contributed by atoms with Gasteiger partial charge in [0.25, 0.3) is 0 Å². The number of benzene rings is 1. The van der Waals surface area contributed by atoms with Crippen molar-refractivity contribution in [3.63, 3.8) is 0 Å². The normalized spacial score (nSPS) is 24.8. The minimum atomic E-state index is -3.75. The summed E-state index contributed by atoms with van der Waals surface area (Å²) >= 11 is 5.88. The van der Waals surface area contributed by atoms with E-state index >= 15 is 0 Å². The number of piperidine rings is 1. The van der Waals surface area contributed by atoms with Crippen molar-refractivity contribution in [2.75, 3.05) is 12.3 Å². The molecule has 2 rings (SSSR count). The monoisotopic (exact) mass is 320 g/mol. The summed E-state index contributed by atoms with van der Waals surface area (Å²) in [5, 5.41) is -0.137. The Labute approximate surface area is 123 Å². The quantitative estimate of drug-likeness (QED) is 0.852. The van der Waals surface area contributed by atoms with Crippen molar-refractivity contribution in [3.05, 3.63) is 23.0 Å². The minimum absolute atomic E-state index is 0.105. The van der Waals surface area contributed by atoms with Crippen molar-refractivity contribution >= 4 is 27.3 Å². The molecule has 7 heteroatoms. The average molecular weight is 321 g/mol. The van der Waals surface area contributed by atoms with Crippen molar-refractivity contribution in [1.29, 1.82) is 0 Å². The highest BCUT2D eigenvalue weighted by Gasteiger charge is 2.34. The zero-order valence-corrected chi connectivity index (χ0v) is 13.0. The predicted molar refractivity (Wildman–Crippen MR) is 77.6 cm³/mol. The molecule has 2 unspecified atom stereocenters. The van der Waals surface area contributed by atoms with Gasteiger partial charge >= 0.3 is 0 Å². The number of hydrogen-bond acceptors (Lipinski definition) is 3. The topological polar surface area (TPSA) is 63.4 Å². The van der Waals surface area contributed by atoms with E-state index < -0.39 is 15.8 Å². The standard InChI is InChI=1S/C13H18ClFN2O2S/c1-8-3-4-17(9(2)5-8)20(18,19)13-7-12(16)11(15)6-10(13)14/h6-9H,3-5,16H2,1-2H3. The second-order valence-corrected chi connectivity index (χ2v) is 7.66. The van der Waals surface area contributed by atoms with E-state index in [1.54, 1.807) is 0 Å². The Morgan fingerprint density at radius 2 is 2.05 bits per heavy atom. The molecular weight excluding hydrogens is 303 g/mol. The smallest absolute Gasteiger partial charge is 0.244 e. The van der Waals surface area contributed by atoms with Crippen LogP contribution in [0.25, 0.3) is 0 Å². The van der Waals surface area contributed by atoms with Gasteiger partial charge in [-0.3, -0.25) is 0 Å². The number of nitrogen functional groups attached to an aromatic ring is 1. The Morgan fingerprint density at radius 3 is 2.65 bits per heavy atom. The van der Waals surface area contributed by atoms with Gasteiger partial charge in [-0.25, -0.2) is 12.8 Å². The number of halogens is 2. The zero-order chi connectivity index (χ0) is 15.1. The van der Waals surface area contributed by atoms with Crippen LogP contribution >= 0.6 is 11.6 Å². The first-order chi connectivity index (χ1) is 9.23.